The maximum atomic E-state index is 12.1. The molecule has 116 valence electrons. The van der Waals surface area contributed by atoms with Crippen molar-refractivity contribution in [2.75, 3.05) is 26.2 Å². The number of hydrogen-bond acceptors (Lipinski definition) is 3. The first-order chi connectivity index (χ1) is 9.76. The summed E-state index contributed by atoms with van der Waals surface area (Å²) in [6, 6.07) is 0.721. The third-order valence-electron chi connectivity index (χ3n) is 5.13. The summed E-state index contributed by atoms with van der Waals surface area (Å²) in [6.07, 6.45) is 8.94. The third-order valence-corrected chi connectivity index (χ3v) is 5.13. The second-order valence-electron chi connectivity index (χ2n) is 6.43. The van der Waals surface area contributed by atoms with E-state index in [0.29, 0.717) is 13.1 Å². The van der Waals surface area contributed by atoms with Crippen LogP contribution in [-0.4, -0.2) is 43.0 Å². The summed E-state index contributed by atoms with van der Waals surface area (Å²) in [5, 5.41) is 2.96. The third kappa shape index (κ3) is 3.95. The summed E-state index contributed by atoms with van der Waals surface area (Å²) in [5.74, 6) is 1.23. The molecule has 20 heavy (non-hydrogen) atoms. The van der Waals surface area contributed by atoms with Crippen LogP contribution in [0.25, 0.3) is 0 Å². The van der Waals surface area contributed by atoms with Crippen molar-refractivity contribution < 1.29 is 4.79 Å². The number of nitrogens with two attached hydrogens (primary N) is 1. The van der Waals surface area contributed by atoms with Gasteiger partial charge in [0.15, 0.2) is 0 Å². The Morgan fingerprint density at radius 3 is 2.80 bits per heavy atom. The van der Waals surface area contributed by atoms with Gasteiger partial charge in [0.2, 0.25) is 5.91 Å². The van der Waals surface area contributed by atoms with Gasteiger partial charge in [-0.05, 0) is 38.1 Å². The maximum absolute atomic E-state index is 12.1. The van der Waals surface area contributed by atoms with E-state index in [-0.39, 0.29) is 11.8 Å². The molecule has 0 bridgehead atoms. The molecule has 0 radical (unpaired) electrons. The summed E-state index contributed by atoms with van der Waals surface area (Å²) >= 11 is 0. The van der Waals surface area contributed by atoms with Crippen molar-refractivity contribution >= 4 is 5.91 Å². The average molecular weight is 281 g/mol. The van der Waals surface area contributed by atoms with Crippen molar-refractivity contribution in [2.24, 2.45) is 17.6 Å². The zero-order valence-corrected chi connectivity index (χ0v) is 12.9. The fourth-order valence-electron chi connectivity index (χ4n) is 4.01. The largest absolute Gasteiger partial charge is 0.355 e. The Labute approximate surface area is 123 Å². The van der Waals surface area contributed by atoms with E-state index in [1.54, 1.807) is 0 Å². The summed E-state index contributed by atoms with van der Waals surface area (Å²) in [4.78, 5) is 14.8. The lowest BCUT2D eigenvalue weighted by Gasteiger charge is -2.43. The van der Waals surface area contributed by atoms with Crippen LogP contribution in [0, 0.1) is 11.8 Å². The van der Waals surface area contributed by atoms with Crippen LogP contribution in [-0.2, 0) is 4.79 Å². The Hall–Kier alpha value is -0.610. The van der Waals surface area contributed by atoms with Crippen LogP contribution in [0.4, 0.5) is 0 Å². The molecule has 0 spiro atoms. The highest BCUT2D eigenvalue weighted by molar-refractivity contribution is 5.78. The topological polar surface area (TPSA) is 58.4 Å². The smallest absolute Gasteiger partial charge is 0.224 e. The minimum Gasteiger partial charge on any atom is -0.355 e. The van der Waals surface area contributed by atoms with Crippen LogP contribution in [0.2, 0.25) is 0 Å². The van der Waals surface area contributed by atoms with Crippen LogP contribution < -0.4 is 11.1 Å². The van der Waals surface area contributed by atoms with Gasteiger partial charge < -0.3 is 11.1 Å². The highest BCUT2D eigenvalue weighted by atomic mass is 16.1. The Kier molecular flexibility index (Phi) is 6.30. The highest BCUT2D eigenvalue weighted by Crippen LogP contribution is 2.33. The van der Waals surface area contributed by atoms with Gasteiger partial charge in [0.1, 0.15) is 0 Å². The van der Waals surface area contributed by atoms with E-state index in [0.717, 1.165) is 31.3 Å². The molecule has 1 heterocycles. The van der Waals surface area contributed by atoms with Crippen LogP contribution in [0.3, 0.4) is 0 Å². The highest BCUT2D eigenvalue weighted by Gasteiger charge is 2.33. The first kappa shape index (κ1) is 15.8. The molecule has 0 aromatic rings. The van der Waals surface area contributed by atoms with Crippen molar-refractivity contribution in [3.8, 4) is 0 Å². The number of carbonyl (C=O) groups is 1. The monoisotopic (exact) mass is 281 g/mol. The molecule has 1 aliphatic heterocycles. The minimum absolute atomic E-state index is 0.176. The molecular formula is C16H31N3O. The molecule has 3 unspecified atom stereocenters. The Bertz CT molecular complexity index is 308. The summed E-state index contributed by atoms with van der Waals surface area (Å²) < 4.78 is 0. The minimum atomic E-state index is 0.176. The number of nitrogens with zero attached hydrogens (tertiary/aromatic N) is 1. The molecule has 1 aliphatic carbocycles. The Balaban J connectivity index is 1.90. The molecule has 0 aromatic carbocycles. The lowest BCUT2D eigenvalue weighted by atomic mass is 9.80. The average Bonchev–Trinajstić information content (AvgIpc) is 2.52. The molecular weight excluding hydrogens is 250 g/mol. The molecule has 1 saturated carbocycles. The van der Waals surface area contributed by atoms with Crippen molar-refractivity contribution in [3.63, 3.8) is 0 Å². The normalized spacial score (nSPS) is 32.0. The Morgan fingerprint density at radius 2 is 2.05 bits per heavy atom. The van der Waals surface area contributed by atoms with Crippen LogP contribution in [0.15, 0.2) is 0 Å². The van der Waals surface area contributed by atoms with Gasteiger partial charge in [-0.15, -0.1) is 0 Å². The fraction of sp³-hybridized carbons (Fsp3) is 0.938. The number of nitrogens with one attached hydrogen (secondary N) is 1. The van der Waals surface area contributed by atoms with E-state index in [9.17, 15) is 4.79 Å². The maximum Gasteiger partial charge on any atom is 0.224 e. The predicted octanol–water partition coefficient (Wildman–Crippen LogP) is 1.74. The van der Waals surface area contributed by atoms with Crippen molar-refractivity contribution in [3.05, 3.63) is 0 Å². The predicted molar refractivity (Wildman–Crippen MR) is 82.4 cm³/mol. The molecule has 3 atom stereocenters. The summed E-state index contributed by atoms with van der Waals surface area (Å²) in [7, 11) is 0. The summed E-state index contributed by atoms with van der Waals surface area (Å²) in [6.45, 7) is 5.59. The van der Waals surface area contributed by atoms with Crippen LogP contribution in [0.5, 0.6) is 0 Å². The van der Waals surface area contributed by atoms with Gasteiger partial charge in [-0.25, -0.2) is 0 Å². The molecule has 4 heteroatoms. The number of amides is 1. The molecule has 4 nitrogen and oxygen atoms in total. The first-order valence-electron chi connectivity index (χ1n) is 8.48. The van der Waals surface area contributed by atoms with Gasteiger partial charge in [-0.2, -0.15) is 0 Å². The van der Waals surface area contributed by atoms with Crippen LogP contribution in [0.1, 0.15) is 51.9 Å². The lowest BCUT2D eigenvalue weighted by Crippen LogP contribution is -2.50. The SMILES string of the molecule is CCC1CCCCC1N1CCCC(C(=O)NCCN)C1. The number of piperidine rings is 1. The number of rotatable bonds is 5. The molecule has 2 aliphatic rings. The van der Waals surface area contributed by atoms with Gasteiger partial charge >= 0.3 is 0 Å². The van der Waals surface area contributed by atoms with E-state index in [4.69, 9.17) is 5.73 Å². The zero-order valence-electron chi connectivity index (χ0n) is 12.9. The van der Waals surface area contributed by atoms with Crippen molar-refractivity contribution in [2.45, 2.75) is 57.9 Å². The first-order valence-corrected chi connectivity index (χ1v) is 8.48. The van der Waals surface area contributed by atoms with Gasteiger partial charge in [0.05, 0.1) is 5.92 Å². The quantitative estimate of drug-likeness (QED) is 0.807. The molecule has 1 amide bonds. The molecule has 2 fully saturated rings. The van der Waals surface area contributed by atoms with E-state index in [1.165, 1.54) is 38.6 Å². The van der Waals surface area contributed by atoms with Gasteiger partial charge in [-0.3, -0.25) is 9.69 Å². The summed E-state index contributed by atoms with van der Waals surface area (Å²) in [5.41, 5.74) is 5.46. The van der Waals surface area contributed by atoms with Gasteiger partial charge in [0.25, 0.3) is 0 Å². The van der Waals surface area contributed by atoms with Crippen LogP contribution >= 0.6 is 0 Å². The number of hydrogen-bond donors (Lipinski definition) is 2. The molecule has 0 aromatic heterocycles. The Morgan fingerprint density at radius 1 is 1.25 bits per heavy atom. The second kappa shape index (κ2) is 7.99. The molecule has 1 saturated heterocycles. The van der Waals surface area contributed by atoms with Gasteiger partial charge in [-0.1, -0.05) is 26.2 Å². The van der Waals surface area contributed by atoms with E-state index < -0.39 is 0 Å². The number of likely N-dealkylation sites (tertiary alicyclic amines) is 1. The van der Waals surface area contributed by atoms with E-state index >= 15 is 0 Å². The van der Waals surface area contributed by atoms with E-state index in [2.05, 4.69) is 17.1 Å². The molecule has 3 N–H and O–H groups in total. The van der Waals surface area contributed by atoms with E-state index in [1.807, 2.05) is 0 Å². The number of carbonyl (C=O) groups excluding carboxylic acids is 1. The standard InChI is InChI=1S/C16H31N3O/c1-2-13-6-3-4-8-15(13)19-11-5-7-14(12-19)16(20)18-10-9-17/h13-15H,2-12,17H2,1H3,(H,18,20). The van der Waals surface area contributed by atoms with Gasteiger partial charge in [0, 0.05) is 25.7 Å². The molecule has 2 rings (SSSR count). The second-order valence-corrected chi connectivity index (χ2v) is 6.43. The van der Waals surface area contributed by atoms with Crippen molar-refractivity contribution in [1.82, 2.24) is 10.2 Å². The fourth-order valence-corrected chi connectivity index (χ4v) is 4.01. The van der Waals surface area contributed by atoms with Crippen molar-refractivity contribution in [1.29, 1.82) is 0 Å². The lowest BCUT2D eigenvalue weighted by molar-refractivity contribution is -0.127. The zero-order chi connectivity index (χ0) is 14.4.